The van der Waals surface area contributed by atoms with Crippen LogP contribution in [0.1, 0.15) is 43.4 Å². The van der Waals surface area contributed by atoms with Gasteiger partial charge < -0.3 is 19.9 Å². The minimum atomic E-state index is 0.151. The van der Waals surface area contributed by atoms with Crippen molar-refractivity contribution in [2.45, 2.75) is 52.4 Å². The Balaban J connectivity index is 1.52. The average molecular weight is 408 g/mol. The molecule has 1 fully saturated rings. The third-order valence-electron chi connectivity index (χ3n) is 5.97. The van der Waals surface area contributed by atoms with E-state index in [0.717, 1.165) is 37.2 Å². The van der Waals surface area contributed by atoms with E-state index >= 15 is 0 Å². The number of carbonyl (C=O) groups excluding carboxylic acids is 1. The van der Waals surface area contributed by atoms with Gasteiger partial charge in [-0.25, -0.2) is 4.79 Å². The first-order valence-electron chi connectivity index (χ1n) is 11.1. The first-order chi connectivity index (χ1) is 14.6. The highest BCUT2D eigenvalue weighted by atomic mass is 16.5. The zero-order chi connectivity index (χ0) is 20.9. The van der Waals surface area contributed by atoms with E-state index in [0.29, 0.717) is 38.2 Å². The molecule has 2 aromatic carbocycles. The fourth-order valence-corrected chi connectivity index (χ4v) is 4.27. The monoisotopic (exact) mass is 407 g/mol. The van der Waals surface area contributed by atoms with E-state index in [2.05, 4.69) is 60.5 Å². The van der Waals surface area contributed by atoms with Gasteiger partial charge in [-0.1, -0.05) is 50.2 Å². The first-order valence-corrected chi connectivity index (χ1v) is 11.1. The van der Waals surface area contributed by atoms with Gasteiger partial charge in [0.25, 0.3) is 0 Å². The molecule has 0 saturated carbocycles. The third-order valence-corrected chi connectivity index (χ3v) is 5.97. The molecule has 1 saturated heterocycles. The number of rotatable bonds is 6. The van der Waals surface area contributed by atoms with Crippen molar-refractivity contribution in [3.8, 4) is 5.75 Å². The minimum Gasteiger partial charge on any atom is -0.493 e. The maximum atomic E-state index is 13.6. The van der Waals surface area contributed by atoms with Crippen LogP contribution in [0.4, 0.5) is 4.79 Å². The molecule has 0 atom stereocenters. The molecule has 160 valence electrons. The maximum absolute atomic E-state index is 13.6. The van der Waals surface area contributed by atoms with Gasteiger partial charge in [0, 0.05) is 25.7 Å². The van der Waals surface area contributed by atoms with Crippen LogP contribution in [0.3, 0.4) is 0 Å². The second-order valence-corrected chi connectivity index (χ2v) is 8.87. The lowest BCUT2D eigenvalue weighted by Gasteiger charge is -2.36. The largest absolute Gasteiger partial charge is 0.493 e. The summed E-state index contributed by atoms with van der Waals surface area (Å²) in [6.45, 7) is 8.93. The topological polar surface area (TPSA) is 44.8 Å². The van der Waals surface area contributed by atoms with E-state index in [4.69, 9.17) is 4.74 Å². The molecule has 0 aliphatic carbocycles. The molecule has 5 heteroatoms. The molecule has 2 heterocycles. The molecule has 0 spiro atoms. The average Bonchev–Trinajstić information content (AvgIpc) is 2.90. The summed E-state index contributed by atoms with van der Waals surface area (Å²) in [5, 5.41) is 3.41. The van der Waals surface area contributed by atoms with E-state index in [1.807, 2.05) is 17.0 Å². The molecule has 2 aromatic rings. The molecule has 0 aromatic heterocycles. The van der Waals surface area contributed by atoms with Crippen LogP contribution in [-0.2, 0) is 19.6 Å². The number of ether oxygens (including phenoxy) is 1. The number of hydrogen-bond donors (Lipinski definition) is 1. The van der Waals surface area contributed by atoms with E-state index in [1.165, 1.54) is 11.1 Å². The molecule has 4 rings (SSSR count). The Bertz CT molecular complexity index is 844. The molecule has 2 aliphatic heterocycles. The number of urea groups is 1. The minimum absolute atomic E-state index is 0.151. The predicted molar refractivity (Wildman–Crippen MR) is 119 cm³/mol. The van der Waals surface area contributed by atoms with Crippen molar-refractivity contribution < 1.29 is 9.53 Å². The Morgan fingerprint density at radius 1 is 1.00 bits per heavy atom. The summed E-state index contributed by atoms with van der Waals surface area (Å²) in [5.74, 6) is 1.39. The fourth-order valence-electron chi connectivity index (χ4n) is 4.27. The molecule has 2 amide bonds. The smallest absolute Gasteiger partial charge is 0.321 e. The second-order valence-electron chi connectivity index (χ2n) is 8.87. The van der Waals surface area contributed by atoms with Crippen LogP contribution in [0.5, 0.6) is 5.75 Å². The second kappa shape index (κ2) is 9.52. The van der Waals surface area contributed by atoms with Gasteiger partial charge in [0.05, 0.1) is 6.61 Å². The Hall–Kier alpha value is -2.53. The summed E-state index contributed by atoms with van der Waals surface area (Å²) in [5.41, 5.74) is 3.65. The molecular formula is C25H33N3O2. The van der Waals surface area contributed by atoms with Gasteiger partial charge in [-0.2, -0.15) is 0 Å². The number of fused-ring (bicyclic) bond motifs is 1. The Morgan fingerprint density at radius 2 is 1.67 bits per heavy atom. The quantitative estimate of drug-likeness (QED) is 0.771. The van der Waals surface area contributed by atoms with Crippen molar-refractivity contribution in [3.63, 3.8) is 0 Å². The molecule has 0 bridgehead atoms. The van der Waals surface area contributed by atoms with Crippen LogP contribution in [0, 0.1) is 5.92 Å². The van der Waals surface area contributed by atoms with Crippen LogP contribution in [0.15, 0.2) is 48.5 Å². The number of carbonyl (C=O) groups is 1. The van der Waals surface area contributed by atoms with Crippen LogP contribution >= 0.6 is 0 Å². The molecular weight excluding hydrogens is 374 g/mol. The number of benzene rings is 2. The number of amides is 2. The van der Waals surface area contributed by atoms with E-state index in [9.17, 15) is 4.79 Å². The molecule has 5 nitrogen and oxygen atoms in total. The van der Waals surface area contributed by atoms with Crippen LogP contribution in [0.2, 0.25) is 0 Å². The lowest BCUT2D eigenvalue weighted by atomic mass is 10.0. The van der Waals surface area contributed by atoms with Gasteiger partial charge in [-0.05, 0) is 60.7 Å². The fraction of sp³-hybridized carbons (Fsp3) is 0.480. The lowest BCUT2D eigenvalue weighted by molar-refractivity contribution is 0.118. The predicted octanol–water partition coefficient (Wildman–Crippen LogP) is 4.41. The molecule has 2 aliphatic rings. The third kappa shape index (κ3) is 4.96. The molecule has 0 unspecified atom stereocenters. The summed E-state index contributed by atoms with van der Waals surface area (Å²) >= 11 is 0. The van der Waals surface area contributed by atoms with Gasteiger partial charge >= 0.3 is 6.03 Å². The van der Waals surface area contributed by atoms with Crippen molar-refractivity contribution in [2.24, 2.45) is 5.92 Å². The Kier molecular flexibility index (Phi) is 6.58. The first kappa shape index (κ1) is 20.7. The lowest BCUT2D eigenvalue weighted by Crippen LogP contribution is -2.49. The van der Waals surface area contributed by atoms with Crippen LogP contribution < -0.4 is 10.1 Å². The van der Waals surface area contributed by atoms with Crippen molar-refractivity contribution in [3.05, 3.63) is 65.2 Å². The standard InChI is InChI=1S/C25H33N3O2/c1-19(2)18-30-24-9-7-20(8-10-24)15-27-16-21-5-3-4-6-22(21)17-28(25(27)29)23-11-13-26-14-12-23/h3-10,19,23,26H,11-18H2,1-2H3. The van der Waals surface area contributed by atoms with Gasteiger partial charge in [0.2, 0.25) is 0 Å². The summed E-state index contributed by atoms with van der Waals surface area (Å²) in [6.07, 6.45) is 2.03. The molecule has 1 N–H and O–H groups in total. The van der Waals surface area contributed by atoms with Crippen LogP contribution in [0.25, 0.3) is 0 Å². The molecule has 0 radical (unpaired) electrons. The highest BCUT2D eigenvalue weighted by Gasteiger charge is 2.32. The summed E-state index contributed by atoms with van der Waals surface area (Å²) < 4.78 is 5.80. The van der Waals surface area contributed by atoms with Gasteiger partial charge in [0.15, 0.2) is 0 Å². The van der Waals surface area contributed by atoms with Gasteiger partial charge in [-0.15, -0.1) is 0 Å². The molecule has 30 heavy (non-hydrogen) atoms. The highest BCUT2D eigenvalue weighted by Crippen LogP contribution is 2.26. The SMILES string of the molecule is CC(C)COc1ccc(CN2Cc3ccccc3CN(C3CCNCC3)C2=O)cc1. The number of nitrogens with zero attached hydrogens (tertiary/aromatic N) is 2. The Morgan fingerprint density at radius 3 is 2.33 bits per heavy atom. The maximum Gasteiger partial charge on any atom is 0.321 e. The number of piperidine rings is 1. The van der Waals surface area contributed by atoms with Gasteiger partial charge in [0.1, 0.15) is 5.75 Å². The Labute approximate surface area is 180 Å². The highest BCUT2D eigenvalue weighted by molar-refractivity contribution is 5.75. The van der Waals surface area contributed by atoms with Crippen molar-refractivity contribution >= 4 is 6.03 Å². The van der Waals surface area contributed by atoms with Gasteiger partial charge in [-0.3, -0.25) is 0 Å². The number of nitrogens with one attached hydrogen (secondary N) is 1. The summed E-state index contributed by atoms with van der Waals surface area (Å²) in [7, 11) is 0. The van der Waals surface area contributed by atoms with E-state index in [1.54, 1.807) is 0 Å². The zero-order valence-electron chi connectivity index (χ0n) is 18.1. The van der Waals surface area contributed by atoms with Crippen LogP contribution in [-0.4, -0.2) is 41.6 Å². The number of hydrogen-bond acceptors (Lipinski definition) is 3. The summed E-state index contributed by atoms with van der Waals surface area (Å²) in [4.78, 5) is 17.7. The summed E-state index contributed by atoms with van der Waals surface area (Å²) in [6, 6.07) is 17.1. The van der Waals surface area contributed by atoms with Crippen molar-refractivity contribution in [1.29, 1.82) is 0 Å². The van der Waals surface area contributed by atoms with E-state index in [-0.39, 0.29) is 6.03 Å². The van der Waals surface area contributed by atoms with E-state index < -0.39 is 0 Å². The normalized spacial score (nSPS) is 17.8. The van der Waals surface area contributed by atoms with Crippen molar-refractivity contribution in [2.75, 3.05) is 19.7 Å². The van der Waals surface area contributed by atoms with Crippen molar-refractivity contribution in [1.82, 2.24) is 15.1 Å². The zero-order valence-corrected chi connectivity index (χ0v) is 18.1.